The monoisotopic (exact) mass is 288 g/mol. The van der Waals surface area contributed by atoms with Crippen LogP contribution < -0.4 is 5.32 Å². The van der Waals surface area contributed by atoms with Gasteiger partial charge in [-0.25, -0.2) is 4.79 Å². The smallest absolute Gasteiger partial charge is 0.330 e. The van der Waals surface area contributed by atoms with Gasteiger partial charge in [0.25, 0.3) is 5.69 Å². The minimum absolute atomic E-state index is 0.108. The number of aromatic hydroxyl groups is 1. The molecule has 2 aromatic rings. The molecule has 7 nitrogen and oxygen atoms in total. The van der Waals surface area contributed by atoms with Crippen LogP contribution in [0.1, 0.15) is 11.6 Å². The maximum Gasteiger partial charge on any atom is 0.330 e. The highest BCUT2D eigenvalue weighted by atomic mass is 16.6. The van der Waals surface area contributed by atoms with Crippen LogP contribution in [0.2, 0.25) is 0 Å². The quantitative estimate of drug-likeness (QED) is 0.442. The Morgan fingerprint density at radius 3 is 2.38 bits per heavy atom. The van der Waals surface area contributed by atoms with Crippen molar-refractivity contribution in [2.45, 2.75) is 6.04 Å². The highest BCUT2D eigenvalue weighted by Crippen LogP contribution is 2.31. The van der Waals surface area contributed by atoms with E-state index in [9.17, 15) is 25.1 Å². The topological polar surface area (TPSA) is 113 Å². The number of nitro groups is 1. The van der Waals surface area contributed by atoms with Crippen molar-refractivity contribution < 1.29 is 19.9 Å². The molecule has 0 saturated carbocycles. The molecule has 3 N–H and O–H groups in total. The Labute approximate surface area is 119 Å². The van der Waals surface area contributed by atoms with Crippen molar-refractivity contribution in [3.8, 4) is 5.75 Å². The lowest BCUT2D eigenvalue weighted by atomic mass is 10.1. The molecule has 1 unspecified atom stereocenters. The number of aliphatic carboxylic acids is 1. The van der Waals surface area contributed by atoms with Crippen LogP contribution in [0.4, 0.5) is 11.4 Å². The molecule has 0 aliphatic carbocycles. The molecule has 2 rings (SSSR count). The number of anilines is 1. The summed E-state index contributed by atoms with van der Waals surface area (Å²) in [5.74, 6) is -1.51. The summed E-state index contributed by atoms with van der Waals surface area (Å²) in [5.41, 5.74) is 0.337. The van der Waals surface area contributed by atoms with Gasteiger partial charge >= 0.3 is 5.97 Å². The third-order valence-corrected chi connectivity index (χ3v) is 2.87. The van der Waals surface area contributed by atoms with Gasteiger partial charge in [0, 0.05) is 6.07 Å². The summed E-state index contributed by atoms with van der Waals surface area (Å²) in [6.45, 7) is 0. The molecule has 0 aliphatic rings. The minimum atomic E-state index is -1.13. The molecule has 0 bridgehead atoms. The second kappa shape index (κ2) is 5.91. The molecule has 0 heterocycles. The van der Waals surface area contributed by atoms with Gasteiger partial charge in [0.15, 0.2) is 6.04 Å². The summed E-state index contributed by atoms with van der Waals surface area (Å²) in [6.07, 6.45) is 0. The van der Waals surface area contributed by atoms with Crippen LogP contribution >= 0.6 is 0 Å². The average Bonchev–Trinajstić information content (AvgIpc) is 2.46. The zero-order chi connectivity index (χ0) is 15.4. The van der Waals surface area contributed by atoms with E-state index in [-0.39, 0.29) is 17.1 Å². The van der Waals surface area contributed by atoms with Gasteiger partial charge in [-0.3, -0.25) is 10.1 Å². The normalized spacial score (nSPS) is 11.6. The first-order valence-corrected chi connectivity index (χ1v) is 6.00. The fraction of sp³-hybridized carbons (Fsp3) is 0.0714. The van der Waals surface area contributed by atoms with Crippen LogP contribution in [-0.2, 0) is 4.79 Å². The number of hydrogen-bond acceptors (Lipinski definition) is 5. The lowest BCUT2D eigenvalue weighted by molar-refractivity contribution is -0.384. The first kappa shape index (κ1) is 14.3. The first-order valence-electron chi connectivity index (χ1n) is 6.00. The Morgan fingerprint density at radius 1 is 1.19 bits per heavy atom. The standard InChI is InChI=1S/C14H12N2O5/c17-12-8-10(16(20)21)6-7-11(12)15-13(14(18)19)9-4-2-1-3-5-9/h1-8,13,15,17H,(H,18,19). The molecule has 0 spiro atoms. The molecular weight excluding hydrogens is 276 g/mol. The molecular formula is C14H12N2O5. The summed E-state index contributed by atoms with van der Waals surface area (Å²) in [5, 5.41) is 32.3. The Kier molecular flexibility index (Phi) is 4.03. The van der Waals surface area contributed by atoms with Gasteiger partial charge in [0.1, 0.15) is 5.75 Å². The predicted molar refractivity (Wildman–Crippen MR) is 75.2 cm³/mol. The van der Waals surface area contributed by atoms with E-state index in [0.717, 1.165) is 6.07 Å². The molecule has 7 heteroatoms. The highest BCUT2D eigenvalue weighted by Gasteiger charge is 2.21. The van der Waals surface area contributed by atoms with Crippen molar-refractivity contribution in [1.29, 1.82) is 0 Å². The number of carbonyl (C=O) groups is 1. The Balaban J connectivity index is 2.30. The molecule has 0 aromatic heterocycles. The third kappa shape index (κ3) is 3.27. The van der Waals surface area contributed by atoms with Gasteiger partial charge in [-0.15, -0.1) is 0 Å². The van der Waals surface area contributed by atoms with Gasteiger partial charge in [0.05, 0.1) is 16.7 Å². The Hall–Kier alpha value is -3.09. The van der Waals surface area contributed by atoms with E-state index in [1.165, 1.54) is 12.1 Å². The third-order valence-electron chi connectivity index (χ3n) is 2.87. The summed E-state index contributed by atoms with van der Waals surface area (Å²) >= 11 is 0. The van der Waals surface area contributed by atoms with Crippen LogP contribution in [-0.4, -0.2) is 21.1 Å². The Bertz CT molecular complexity index is 672. The SMILES string of the molecule is O=C(O)C(Nc1ccc([N+](=O)[O-])cc1O)c1ccccc1. The number of phenolic OH excluding ortho intramolecular Hbond substituents is 1. The number of rotatable bonds is 5. The predicted octanol–water partition coefficient (Wildman–Crippen LogP) is 2.54. The molecule has 21 heavy (non-hydrogen) atoms. The number of carboxylic acid groups (broad SMARTS) is 1. The minimum Gasteiger partial charge on any atom is -0.506 e. The highest BCUT2D eigenvalue weighted by molar-refractivity contribution is 5.80. The maximum absolute atomic E-state index is 11.3. The van der Waals surface area contributed by atoms with Crippen molar-refractivity contribution in [3.63, 3.8) is 0 Å². The zero-order valence-corrected chi connectivity index (χ0v) is 10.8. The lowest BCUT2D eigenvalue weighted by Gasteiger charge is -2.16. The summed E-state index contributed by atoms with van der Waals surface area (Å²) in [6, 6.07) is 10.8. The largest absolute Gasteiger partial charge is 0.506 e. The van der Waals surface area contributed by atoms with E-state index in [1.54, 1.807) is 30.3 Å². The van der Waals surface area contributed by atoms with E-state index in [1.807, 2.05) is 0 Å². The van der Waals surface area contributed by atoms with E-state index in [2.05, 4.69) is 5.32 Å². The van der Waals surface area contributed by atoms with Gasteiger partial charge < -0.3 is 15.5 Å². The number of phenols is 1. The van der Waals surface area contributed by atoms with Crippen molar-refractivity contribution in [2.24, 2.45) is 0 Å². The lowest BCUT2D eigenvalue weighted by Crippen LogP contribution is -2.20. The van der Waals surface area contributed by atoms with Crippen LogP contribution in [0.15, 0.2) is 48.5 Å². The molecule has 0 amide bonds. The number of carboxylic acids is 1. The maximum atomic E-state index is 11.3. The number of nitrogens with one attached hydrogen (secondary N) is 1. The number of nitro benzene ring substituents is 1. The number of nitrogens with zero attached hydrogens (tertiary/aromatic N) is 1. The van der Waals surface area contributed by atoms with Gasteiger partial charge in [0.2, 0.25) is 0 Å². The van der Waals surface area contributed by atoms with Crippen LogP contribution in [0.25, 0.3) is 0 Å². The van der Waals surface area contributed by atoms with Crippen molar-refractivity contribution in [3.05, 3.63) is 64.2 Å². The van der Waals surface area contributed by atoms with Crippen LogP contribution in [0.3, 0.4) is 0 Å². The first-order chi connectivity index (χ1) is 9.99. The van der Waals surface area contributed by atoms with Crippen molar-refractivity contribution in [1.82, 2.24) is 0 Å². The molecule has 0 aliphatic heterocycles. The zero-order valence-electron chi connectivity index (χ0n) is 10.8. The van der Waals surface area contributed by atoms with E-state index in [4.69, 9.17) is 0 Å². The molecule has 0 saturated heterocycles. The van der Waals surface area contributed by atoms with Gasteiger partial charge in [-0.1, -0.05) is 30.3 Å². The molecule has 1 atom stereocenters. The van der Waals surface area contributed by atoms with Crippen LogP contribution in [0, 0.1) is 10.1 Å². The molecule has 0 radical (unpaired) electrons. The molecule has 0 fully saturated rings. The Morgan fingerprint density at radius 2 is 1.86 bits per heavy atom. The fourth-order valence-electron chi connectivity index (χ4n) is 1.84. The second-order valence-electron chi connectivity index (χ2n) is 4.28. The summed E-state index contributed by atoms with van der Waals surface area (Å²) in [4.78, 5) is 21.3. The van der Waals surface area contributed by atoms with E-state index >= 15 is 0 Å². The van der Waals surface area contributed by atoms with E-state index < -0.39 is 16.9 Å². The van der Waals surface area contributed by atoms with Gasteiger partial charge in [-0.05, 0) is 11.6 Å². The van der Waals surface area contributed by atoms with Crippen molar-refractivity contribution >= 4 is 17.3 Å². The van der Waals surface area contributed by atoms with Crippen LogP contribution in [0.5, 0.6) is 5.75 Å². The van der Waals surface area contributed by atoms with E-state index in [0.29, 0.717) is 5.56 Å². The molecule has 108 valence electrons. The summed E-state index contributed by atoms with van der Waals surface area (Å²) < 4.78 is 0. The number of non-ortho nitro benzene ring substituents is 1. The summed E-state index contributed by atoms with van der Waals surface area (Å²) in [7, 11) is 0. The second-order valence-corrected chi connectivity index (χ2v) is 4.28. The number of hydrogen-bond donors (Lipinski definition) is 3. The fourth-order valence-corrected chi connectivity index (χ4v) is 1.84. The van der Waals surface area contributed by atoms with Gasteiger partial charge in [-0.2, -0.15) is 0 Å². The number of benzene rings is 2. The average molecular weight is 288 g/mol. The molecule has 2 aromatic carbocycles. The van der Waals surface area contributed by atoms with Crippen molar-refractivity contribution in [2.75, 3.05) is 5.32 Å².